The van der Waals surface area contributed by atoms with Crippen LogP contribution in [0.4, 0.5) is 0 Å². The highest BCUT2D eigenvalue weighted by atomic mass is 32.2. The van der Waals surface area contributed by atoms with E-state index in [1.165, 1.54) is 12.3 Å². The van der Waals surface area contributed by atoms with E-state index in [4.69, 9.17) is 18.0 Å². The van der Waals surface area contributed by atoms with Crippen molar-refractivity contribution in [3.8, 4) is 0 Å². The first-order valence-corrected chi connectivity index (χ1v) is 8.59. The van der Waals surface area contributed by atoms with Gasteiger partial charge in [-0.2, -0.15) is 4.31 Å². The van der Waals surface area contributed by atoms with Crippen molar-refractivity contribution in [2.75, 3.05) is 6.54 Å². The highest BCUT2D eigenvalue weighted by Gasteiger charge is 2.32. The van der Waals surface area contributed by atoms with Crippen LogP contribution in [0.5, 0.6) is 0 Å². The molecule has 5 nitrogen and oxygen atoms in total. The van der Waals surface area contributed by atoms with Gasteiger partial charge in [0.2, 0.25) is 10.0 Å². The van der Waals surface area contributed by atoms with Gasteiger partial charge in [0, 0.05) is 18.8 Å². The summed E-state index contributed by atoms with van der Waals surface area (Å²) in [4.78, 5) is 4.38. The lowest BCUT2D eigenvalue weighted by atomic mass is 10.2. The summed E-state index contributed by atoms with van der Waals surface area (Å²) in [5.41, 5.74) is 5.90. The summed E-state index contributed by atoms with van der Waals surface area (Å²) in [6.45, 7) is 2.34. The molecule has 1 saturated carbocycles. The van der Waals surface area contributed by atoms with Crippen LogP contribution in [0.25, 0.3) is 0 Å². The molecule has 0 amide bonds. The predicted molar refractivity (Wildman–Crippen MR) is 81.9 cm³/mol. The average Bonchev–Trinajstić information content (AvgIpc) is 2.93. The maximum Gasteiger partial charge on any atom is 0.244 e. The summed E-state index contributed by atoms with van der Waals surface area (Å²) >= 11 is 4.82. The van der Waals surface area contributed by atoms with Gasteiger partial charge < -0.3 is 5.73 Å². The normalized spacial score (nSPS) is 16.7. The topological polar surface area (TPSA) is 76.3 Å². The number of hydrogen-bond acceptors (Lipinski definition) is 4. The summed E-state index contributed by atoms with van der Waals surface area (Å²) in [6.07, 6.45) is 5.39. The quantitative estimate of drug-likeness (QED) is 0.837. The second-order valence-corrected chi connectivity index (χ2v) is 7.22. The Morgan fingerprint density at radius 3 is 2.55 bits per heavy atom. The summed E-state index contributed by atoms with van der Waals surface area (Å²) in [5.74, 6) is 0. The number of rotatable bonds is 5. The first-order chi connectivity index (χ1) is 9.46. The third kappa shape index (κ3) is 2.99. The van der Waals surface area contributed by atoms with Gasteiger partial charge in [-0.05, 0) is 25.0 Å². The van der Waals surface area contributed by atoms with Gasteiger partial charge in [0.25, 0.3) is 0 Å². The van der Waals surface area contributed by atoms with Crippen LogP contribution in [0.2, 0.25) is 0 Å². The van der Waals surface area contributed by atoms with Crippen molar-refractivity contribution in [1.82, 2.24) is 9.29 Å². The fourth-order valence-corrected chi connectivity index (χ4v) is 4.39. The van der Waals surface area contributed by atoms with E-state index in [-0.39, 0.29) is 15.9 Å². The first kappa shape index (κ1) is 15.3. The Kier molecular flexibility index (Phi) is 4.72. The molecule has 1 fully saturated rings. The van der Waals surface area contributed by atoms with Gasteiger partial charge >= 0.3 is 0 Å². The lowest BCUT2D eigenvalue weighted by Crippen LogP contribution is -2.38. The molecule has 110 valence electrons. The third-order valence-electron chi connectivity index (χ3n) is 3.64. The van der Waals surface area contributed by atoms with E-state index in [0.717, 1.165) is 25.7 Å². The number of pyridine rings is 1. The minimum absolute atomic E-state index is 0.111. The van der Waals surface area contributed by atoms with Gasteiger partial charge in [0.1, 0.15) is 9.88 Å². The predicted octanol–water partition coefficient (Wildman–Crippen LogP) is 1.67. The van der Waals surface area contributed by atoms with E-state index in [0.29, 0.717) is 12.2 Å². The highest BCUT2D eigenvalue weighted by molar-refractivity contribution is 7.89. The highest BCUT2D eigenvalue weighted by Crippen LogP contribution is 2.28. The SMILES string of the molecule is CCN(C1CCCC1)S(=O)(=O)c1ccc(C(N)=S)nc1. The Morgan fingerprint density at radius 1 is 1.45 bits per heavy atom. The van der Waals surface area contributed by atoms with Crippen molar-refractivity contribution >= 4 is 27.2 Å². The van der Waals surface area contributed by atoms with Crippen molar-refractivity contribution in [2.24, 2.45) is 5.73 Å². The van der Waals surface area contributed by atoms with Gasteiger partial charge in [0.15, 0.2) is 0 Å². The summed E-state index contributed by atoms with van der Waals surface area (Å²) in [7, 11) is -3.49. The van der Waals surface area contributed by atoms with Crippen LogP contribution in [0.3, 0.4) is 0 Å². The van der Waals surface area contributed by atoms with E-state index in [9.17, 15) is 8.42 Å². The van der Waals surface area contributed by atoms with Crippen molar-refractivity contribution in [1.29, 1.82) is 0 Å². The van der Waals surface area contributed by atoms with Gasteiger partial charge in [0.05, 0.1) is 5.69 Å². The van der Waals surface area contributed by atoms with Crippen molar-refractivity contribution in [3.63, 3.8) is 0 Å². The van der Waals surface area contributed by atoms with Crippen LogP contribution in [0.15, 0.2) is 23.2 Å². The molecule has 0 atom stereocenters. The molecule has 1 aliphatic carbocycles. The number of nitrogens with zero attached hydrogens (tertiary/aromatic N) is 2. The lowest BCUT2D eigenvalue weighted by molar-refractivity contribution is 0.335. The fourth-order valence-electron chi connectivity index (χ4n) is 2.63. The van der Waals surface area contributed by atoms with Crippen molar-refractivity contribution < 1.29 is 8.42 Å². The maximum atomic E-state index is 12.7. The molecular formula is C13H19N3O2S2. The molecule has 1 aliphatic rings. The summed E-state index contributed by atoms with van der Waals surface area (Å²) in [6, 6.07) is 3.19. The number of aromatic nitrogens is 1. The standard InChI is InChI=1S/C13H19N3O2S2/c1-2-16(10-5-3-4-6-10)20(17,18)11-7-8-12(13(14)19)15-9-11/h7-10H,2-6H2,1H3,(H2,14,19). The molecule has 1 heterocycles. The van der Waals surface area contributed by atoms with E-state index in [2.05, 4.69) is 4.98 Å². The minimum atomic E-state index is -3.49. The van der Waals surface area contributed by atoms with Gasteiger partial charge in [-0.3, -0.25) is 4.98 Å². The second-order valence-electron chi connectivity index (χ2n) is 4.89. The average molecular weight is 313 g/mol. The number of sulfonamides is 1. The molecule has 20 heavy (non-hydrogen) atoms. The zero-order valence-corrected chi connectivity index (χ0v) is 13.1. The zero-order chi connectivity index (χ0) is 14.8. The van der Waals surface area contributed by atoms with E-state index in [1.807, 2.05) is 6.92 Å². The number of thiocarbonyl (C=S) groups is 1. The van der Waals surface area contributed by atoms with Crippen LogP contribution in [-0.4, -0.2) is 35.3 Å². The molecule has 0 spiro atoms. The van der Waals surface area contributed by atoms with E-state index < -0.39 is 10.0 Å². The van der Waals surface area contributed by atoms with Crippen LogP contribution >= 0.6 is 12.2 Å². The molecule has 1 aromatic heterocycles. The number of nitrogens with two attached hydrogens (primary N) is 1. The lowest BCUT2D eigenvalue weighted by Gasteiger charge is -2.26. The molecule has 0 aliphatic heterocycles. The zero-order valence-electron chi connectivity index (χ0n) is 11.4. The molecule has 1 aromatic rings. The monoisotopic (exact) mass is 313 g/mol. The smallest absolute Gasteiger partial charge is 0.244 e. The molecule has 0 radical (unpaired) electrons. The van der Waals surface area contributed by atoms with Crippen LogP contribution in [0, 0.1) is 0 Å². The maximum absolute atomic E-state index is 12.7. The largest absolute Gasteiger partial charge is 0.388 e. The van der Waals surface area contributed by atoms with Crippen LogP contribution in [0.1, 0.15) is 38.3 Å². The summed E-state index contributed by atoms with van der Waals surface area (Å²) in [5, 5.41) is 0. The van der Waals surface area contributed by atoms with Crippen molar-refractivity contribution in [3.05, 3.63) is 24.0 Å². The molecule has 2 N–H and O–H groups in total. The molecule has 0 bridgehead atoms. The molecule has 0 saturated heterocycles. The molecule has 7 heteroatoms. The van der Waals surface area contributed by atoms with Gasteiger partial charge in [-0.15, -0.1) is 0 Å². The Morgan fingerprint density at radius 2 is 2.10 bits per heavy atom. The Hall–Kier alpha value is -1.05. The summed E-state index contributed by atoms with van der Waals surface area (Å²) < 4.78 is 26.9. The molecular weight excluding hydrogens is 294 g/mol. The van der Waals surface area contributed by atoms with E-state index >= 15 is 0 Å². The van der Waals surface area contributed by atoms with Gasteiger partial charge in [-0.1, -0.05) is 32.0 Å². The Balaban J connectivity index is 2.30. The fraction of sp³-hybridized carbons (Fsp3) is 0.538. The number of hydrogen-bond donors (Lipinski definition) is 1. The van der Waals surface area contributed by atoms with E-state index in [1.54, 1.807) is 10.4 Å². The van der Waals surface area contributed by atoms with Crippen LogP contribution in [-0.2, 0) is 10.0 Å². The van der Waals surface area contributed by atoms with Crippen molar-refractivity contribution in [2.45, 2.75) is 43.5 Å². The Bertz CT molecular complexity index is 578. The first-order valence-electron chi connectivity index (χ1n) is 6.74. The molecule has 0 aromatic carbocycles. The molecule has 2 rings (SSSR count). The second kappa shape index (κ2) is 6.15. The van der Waals surface area contributed by atoms with Crippen LogP contribution < -0.4 is 5.73 Å². The third-order valence-corrected chi connectivity index (χ3v) is 5.86. The minimum Gasteiger partial charge on any atom is -0.388 e. The Labute approximate surface area is 125 Å². The molecule has 0 unspecified atom stereocenters. The van der Waals surface area contributed by atoms with Gasteiger partial charge in [-0.25, -0.2) is 8.42 Å².